The normalized spacial score (nSPS) is 10.7. The van der Waals surface area contributed by atoms with Gasteiger partial charge in [-0.05, 0) is 358 Å². The first-order chi connectivity index (χ1) is 65.4. The molecule has 0 N–H and O–H groups in total. The zero-order valence-corrected chi connectivity index (χ0v) is 100. The van der Waals surface area contributed by atoms with Gasteiger partial charge in [0.2, 0.25) is 0 Å². The molecule has 18 unspecified atom stereocenters. The minimum absolute atomic E-state index is 1.01. The fourth-order valence-corrected chi connectivity index (χ4v) is 20.7. The summed E-state index contributed by atoms with van der Waals surface area (Å²) in [5.41, 5.74) is 47.5. The molecule has 0 fully saturated rings. The molecule has 18 heteroatoms. The van der Waals surface area contributed by atoms with Crippen LogP contribution in [0.4, 0.5) is 0 Å². The lowest BCUT2D eigenvalue weighted by atomic mass is 9.95. The number of aryl methyl sites for hydroxylation is 8. The van der Waals surface area contributed by atoms with Crippen molar-refractivity contribution in [1.29, 1.82) is 0 Å². The van der Waals surface area contributed by atoms with Crippen molar-refractivity contribution >= 4 is 219 Å². The molecule has 0 saturated heterocycles. The quantitative estimate of drug-likeness (QED) is 0.0751. The van der Waals surface area contributed by atoms with Gasteiger partial charge in [-0.3, -0.25) is 0 Å². The Bertz CT molecular complexity index is 6840. The van der Waals surface area contributed by atoms with Gasteiger partial charge in [-0.15, -0.1) is 166 Å². The molecule has 17 aromatic carbocycles. The van der Waals surface area contributed by atoms with Crippen LogP contribution in [0.2, 0.25) is 0 Å². The first kappa shape index (κ1) is 111. The van der Waals surface area contributed by atoms with Crippen LogP contribution >= 0.6 is 166 Å². The van der Waals surface area contributed by atoms with Crippen LogP contribution in [0.5, 0.6) is 0 Å². The molecule has 0 bridgehead atoms. The van der Waals surface area contributed by atoms with Crippen LogP contribution in [0.3, 0.4) is 0 Å². The number of benzene rings is 17. The van der Waals surface area contributed by atoms with Crippen molar-refractivity contribution in [3.63, 3.8) is 0 Å². The van der Waals surface area contributed by atoms with Crippen molar-refractivity contribution in [3.8, 4) is 111 Å². The van der Waals surface area contributed by atoms with Crippen LogP contribution in [0.1, 0.15) is 89.0 Å². The Kier molecular flexibility index (Phi) is 45.1. The van der Waals surface area contributed by atoms with E-state index in [9.17, 15) is 0 Å². The van der Waals surface area contributed by atoms with Crippen LogP contribution in [0.15, 0.2) is 340 Å². The molecule has 136 heavy (non-hydrogen) atoms. The van der Waals surface area contributed by atoms with E-state index in [-0.39, 0.29) is 0 Å². The van der Waals surface area contributed by atoms with Crippen molar-refractivity contribution < 1.29 is 0 Å². The standard InChI is InChI=1S/C20H20P2.2C19H18P2.4C15H19P3/c1-13-11-16(15-3-7-18(21)8-4-15)5-9-19(13)17-6-10-20(22)14(2)12-17;1-13-12-16(14-2-7-17(20)8-3-14)6-11-19(13)15-4-9-18(21)10-5-15;1-13-12-17(8-11-19(13)21)16-4-2-14(3-5-16)15-6-9-18(20)10-7-15;1-10-4-14(18)2-3-15(10)13-6-11(8-16)5-12(7-13)9-17;1-10-4-13(2-3-15(10)18)14-6-11(8-16)5-12(7-14)9-17;1-10-6-11(4-5-15(10)18)12-2-3-13(8-16)14(7-12)9-17;1-10-6-14(18)4-5-15(10)11-2-3-12(8-16)13(7-11)9-17/h3-12H,21-22H2,1-2H3;2*2-12H,20-21H2,1H3;4*2-7H,8-9,16-18H2,1H3. The van der Waals surface area contributed by atoms with E-state index in [0.29, 0.717) is 0 Å². The summed E-state index contributed by atoms with van der Waals surface area (Å²) in [5.74, 6) is 0. The van der Waals surface area contributed by atoms with Crippen molar-refractivity contribution in [1.82, 2.24) is 0 Å². The number of hydrogen-bond donors (Lipinski definition) is 0. The second-order valence-electron chi connectivity index (χ2n) is 34.2. The van der Waals surface area contributed by atoms with Crippen LogP contribution in [0, 0.1) is 55.4 Å². The van der Waals surface area contributed by atoms with Gasteiger partial charge in [0.25, 0.3) is 0 Å². The van der Waals surface area contributed by atoms with Crippen LogP contribution in [-0.4, -0.2) is 0 Å². The van der Waals surface area contributed by atoms with Gasteiger partial charge in [0.05, 0.1) is 0 Å². The highest BCUT2D eigenvalue weighted by Gasteiger charge is 2.14. The van der Waals surface area contributed by atoms with Crippen LogP contribution in [0.25, 0.3) is 111 Å². The van der Waals surface area contributed by atoms with Gasteiger partial charge in [-0.25, -0.2) is 0 Å². The predicted molar refractivity (Wildman–Crippen MR) is 678 cm³/mol. The number of hydrogen-bond acceptors (Lipinski definition) is 0. The van der Waals surface area contributed by atoms with Crippen LogP contribution in [-0.2, 0) is 49.3 Å². The summed E-state index contributed by atoms with van der Waals surface area (Å²) in [6, 6.07) is 123. The molecule has 0 aliphatic rings. The van der Waals surface area contributed by atoms with Crippen molar-refractivity contribution in [2.24, 2.45) is 0 Å². The Labute approximate surface area is 856 Å². The number of rotatable bonds is 18. The Morgan fingerprint density at radius 2 is 0.331 bits per heavy atom. The van der Waals surface area contributed by atoms with E-state index >= 15 is 0 Å². The Morgan fingerprint density at radius 3 is 0.647 bits per heavy atom. The van der Waals surface area contributed by atoms with Gasteiger partial charge in [-0.1, -0.05) is 340 Å². The third-order valence-electron chi connectivity index (χ3n) is 24.1. The molecule has 0 amide bonds. The molecule has 0 aliphatic heterocycles. The molecule has 17 rings (SSSR count). The molecule has 0 spiro atoms. The van der Waals surface area contributed by atoms with E-state index in [1.54, 1.807) is 0 Å². The average molecular weight is 2110 g/mol. The van der Waals surface area contributed by atoms with E-state index < -0.39 is 0 Å². The maximum absolute atomic E-state index is 2.82. The summed E-state index contributed by atoms with van der Waals surface area (Å²) in [5, 5.41) is 12.4. The third kappa shape index (κ3) is 32.2. The van der Waals surface area contributed by atoms with Crippen LogP contribution < -0.4 is 53.0 Å². The lowest BCUT2D eigenvalue weighted by Crippen LogP contribution is -1.96. The first-order valence-corrected chi connectivity index (χ1v) is 57.7. The Hall–Kier alpha value is -5.52. The van der Waals surface area contributed by atoms with Gasteiger partial charge in [-0.2, -0.15) is 0 Å². The summed E-state index contributed by atoms with van der Waals surface area (Å²) >= 11 is 0. The second kappa shape index (κ2) is 55.4. The zero-order chi connectivity index (χ0) is 97.8. The second-order valence-corrected chi connectivity index (χ2v) is 44.0. The smallest absolute Gasteiger partial charge is 0.0125 e. The lowest BCUT2D eigenvalue weighted by molar-refractivity contribution is 1.28. The molecular formula is C118H132P18. The molecule has 0 aromatic heterocycles. The molecule has 0 saturated carbocycles. The zero-order valence-electron chi connectivity index (χ0n) is 79.4. The van der Waals surface area contributed by atoms with Gasteiger partial charge < -0.3 is 0 Å². The molecule has 0 nitrogen and oxygen atoms in total. The first-order valence-electron chi connectivity index (χ1n) is 45.4. The SMILES string of the molecule is Cc1cc(-c2cc(CP)cc(CP)c2)ccc1P.Cc1cc(-c2ccc(-c3ccc(P)cc3)cc2)ccc1P.Cc1cc(-c2ccc(-c3ccc(P)cc3)cc2C)ccc1P.Cc1cc(-c2ccc(CP)c(CP)c2)ccc1P.Cc1cc(-c2ccc(P)cc2)ccc1-c1ccc(P)cc1.Cc1cc(P)ccc1-c1cc(CP)cc(CP)c1.Cc1cc(P)ccc1-c1ccc(CP)c(CP)c1. The average Bonchev–Trinajstić information content (AvgIpc) is 0.955. The fourth-order valence-electron chi connectivity index (χ4n) is 16.0. The highest BCUT2D eigenvalue weighted by Crippen LogP contribution is 2.36. The predicted octanol–water partition coefficient (Wildman–Crippen LogP) is 28.9. The van der Waals surface area contributed by atoms with Gasteiger partial charge in [0, 0.05) is 0 Å². The summed E-state index contributed by atoms with van der Waals surface area (Å²) in [6.45, 7) is 17.3. The van der Waals surface area contributed by atoms with Crippen molar-refractivity contribution in [3.05, 3.63) is 429 Å². The highest BCUT2D eigenvalue weighted by molar-refractivity contribution is 7.29. The summed E-state index contributed by atoms with van der Waals surface area (Å²) in [4.78, 5) is 0. The Morgan fingerprint density at radius 1 is 0.132 bits per heavy atom. The van der Waals surface area contributed by atoms with Gasteiger partial charge in [0.1, 0.15) is 0 Å². The van der Waals surface area contributed by atoms with E-state index in [4.69, 9.17) is 0 Å². The van der Waals surface area contributed by atoms with Gasteiger partial charge in [0.15, 0.2) is 0 Å². The van der Waals surface area contributed by atoms with E-state index in [1.807, 2.05) is 0 Å². The van der Waals surface area contributed by atoms with E-state index in [0.717, 1.165) is 49.3 Å². The maximum Gasteiger partial charge on any atom is -0.0125 e. The maximum atomic E-state index is 2.82. The Balaban J connectivity index is 0.000000153. The summed E-state index contributed by atoms with van der Waals surface area (Å²) in [6.07, 6.45) is 8.09. The molecule has 694 valence electrons. The monoisotopic (exact) mass is 2110 g/mol. The minimum Gasteiger partial charge on any atom is -0.133 e. The molecule has 0 heterocycles. The molecule has 18 atom stereocenters. The van der Waals surface area contributed by atoms with Crippen molar-refractivity contribution in [2.75, 3.05) is 0 Å². The van der Waals surface area contributed by atoms with E-state index in [2.05, 4.69) is 561 Å². The molecular weight excluding hydrogens is 1970 g/mol. The third-order valence-corrected chi connectivity index (χ3v) is 32.6. The summed E-state index contributed by atoms with van der Waals surface area (Å²) in [7, 11) is 50.0. The minimum atomic E-state index is 1.01. The van der Waals surface area contributed by atoms with Crippen molar-refractivity contribution in [2.45, 2.75) is 105 Å². The summed E-state index contributed by atoms with van der Waals surface area (Å²) < 4.78 is 0. The topological polar surface area (TPSA) is 0 Å². The fraction of sp³-hybridized carbons (Fsp3) is 0.136. The molecule has 0 aliphatic carbocycles. The molecule has 17 aromatic rings. The molecule has 0 radical (unpaired) electrons. The highest BCUT2D eigenvalue weighted by atomic mass is 31.0. The largest absolute Gasteiger partial charge is 0.133 e. The van der Waals surface area contributed by atoms with E-state index in [1.165, 1.54) is 253 Å². The lowest BCUT2D eigenvalue weighted by Gasteiger charge is -2.11. The van der Waals surface area contributed by atoms with Gasteiger partial charge >= 0.3 is 0 Å².